The summed E-state index contributed by atoms with van der Waals surface area (Å²) in [7, 11) is 0. The van der Waals surface area contributed by atoms with Gasteiger partial charge in [0.15, 0.2) is 0 Å². The van der Waals surface area contributed by atoms with Gasteiger partial charge >= 0.3 is 0 Å². The van der Waals surface area contributed by atoms with E-state index >= 15 is 0 Å². The van der Waals surface area contributed by atoms with Crippen LogP contribution in [0.4, 0.5) is 0 Å². The molecule has 0 heterocycles. The Kier molecular flexibility index (Phi) is 15.9. The van der Waals surface area contributed by atoms with Gasteiger partial charge in [0.2, 0.25) is 0 Å². The molecule has 29 heavy (non-hydrogen) atoms. The summed E-state index contributed by atoms with van der Waals surface area (Å²) in [5, 5.41) is 28.6. The Hall–Kier alpha value is -1.06. The van der Waals surface area contributed by atoms with Crippen LogP contribution >= 0.6 is 0 Å². The zero-order valence-electron chi connectivity index (χ0n) is 18.9. The lowest BCUT2D eigenvalue weighted by molar-refractivity contribution is 0.263. The smallest absolute Gasteiger partial charge is 0.126 e. The summed E-state index contributed by atoms with van der Waals surface area (Å²) < 4.78 is 0. The second-order valence-corrected chi connectivity index (χ2v) is 8.63. The van der Waals surface area contributed by atoms with Gasteiger partial charge in [-0.1, -0.05) is 103 Å². The molecule has 0 fully saturated rings. The van der Waals surface area contributed by atoms with E-state index in [9.17, 15) is 15.3 Å². The average molecular weight is 407 g/mol. The van der Waals surface area contributed by atoms with Crippen LogP contribution in [0.1, 0.15) is 126 Å². The Morgan fingerprint density at radius 3 is 1.24 bits per heavy atom. The summed E-state index contributed by atoms with van der Waals surface area (Å²) in [4.78, 5) is 0. The Labute approximate surface area is 179 Å². The molecule has 3 nitrogen and oxygen atoms in total. The molecule has 0 aromatic heterocycles. The molecule has 0 aliphatic heterocycles. The Balaban J connectivity index is 1.94. The fourth-order valence-corrected chi connectivity index (χ4v) is 4.09. The van der Waals surface area contributed by atoms with E-state index < -0.39 is 0 Å². The average Bonchev–Trinajstić information content (AvgIpc) is 2.74. The molecule has 168 valence electrons. The van der Waals surface area contributed by atoms with E-state index in [-0.39, 0.29) is 19.0 Å². The first kappa shape index (κ1) is 26.0. The number of hydrogen-bond acceptors (Lipinski definition) is 3. The van der Waals surface area contributed by atoms with Crippen molar-refractivity contribution in [2.24, 2.45) is 0 Å². The number of phenols is 1. The minimum atomic E-state index is -0.189. The normalized spacial score (nSPS) is 11.3. The quantitative estimate of drug-likeness (QED) is 0.213. The zero-order chi connectivity index (χ0) is 21.2. The summed E-state index contributed by atoms with van der Waals surface area (Å²) in [6.45, 7) is 1.90. The van der Waals surface area contributed by atoms with Crippen molar-refractivity contribution < 1.29 is 15.3 Å². The Bertz CT molecular complexity index is 488. The minimum absolute atomic E-state index is 0.0331. The molecule has 0 atom stereocenters. The van der Waals surface area contributed by atoms with E-state index in [2.05, 4.69) is 6.92 Å². The van der Waals surface area contributed by atoms with Gasteiger partial charge in [-0.15, -0.1) is 0 Å². The van der Waals surface area contributed by atoms with E-state index in [1.54, 1.807) is 0 Å². The second kappa shape index (κ2) is 17.8. The molecule has 1 rings (SSSR count). The number of aryl methyl sites for hydroxylation is 1. The maximum Gasteiger partial charge on any atom is 0.126 e. The molecule has 0 unspecified atom stereocenters. The standard InChI is InChI=1S/C26H46O3/c1-2-3-4-5-6-7-8-9-10-11-12-13-14-15-16-17-18-23-19-24(21-27)26(29)25(20-23)22-28/h19-20,27-29H,2-18,21-22H2,1H3. The molecule has 0 amide bonds. The van der Waals surface area contributed by atoms with Crippen LogP contribution < -0.4 is 0 Å². The lowest BCUT2D eigenvalue weighted by atomic mass is 9.99. The summed E-state index contributed by atoms with van der Waals surface area (Å²) in [5.74, 6) is 0.0331. The van der Waals surface area contributed by atoms with Gasteiger partial charge in [0, 0.05) is 11.1 Å². The number of unbranched alkanes of at least 4 members (excludes halogenated alkanes) is 15. The first-order chi connectivity index (χ1) is 14.2. The predicted molar refractivity (Wildman–Crippen MR) is 123 cm³/mol. The summed E-state index contributed by atoms with van der Waals surface area (Å²) in [6.07, 6.45) is 22.8. The lowest BCUT2D eigenvalue weighted by Crippen LogP contribution is -1.96. The van der Waals surface area contributed by atoms with Crippen molar-refractivity contribution in [3.05, 3.63) is 28.8 Å². The number of hydrogen-bond donors (Lipinski definition) is 3. The van der Waals surface area contributed by atoms with Gasteiger partial charge in [-0.25, -0.2) is 0 Å². The monoisotopic (exact) mass is 406 g/mol. The SMILES string of the molecule is CCCCCCCCCCCCCCCCCCc1cc(CO)c(O)c(CO)c1. The highest BCUT2D eigenvalue weighted by Crippen LogP contribution is 2.26. The highest BCUT2D eigenvalue weighted by molar-refractivity contribution is 5.43. The molecular formula is C26H46O3. The molecule has 1 aromatic carbocycles. The van der Waals surface area contributed by atoms with Crippen molar-refractivity contribution in [3.8, 4) is 5.75 Å². The van der Waals surface area contributed by atoms with Crippen LogP contribution in [0.25, 0.3) is 0 Å². The van der Waals surface area contributed by atoms with Gasteiger partial charge in [0.05, 0.1) is 13.2 Å². The van der Waals surface area contributed by atoms with E-state index in [0.29, 0.717) is 11.1 Å². The van der Waals surface area contributed by atoms with Crippen molar-refractivity contribution in [2.75, 3.05) is 0 Å². The third kappa shape index (κ3) is 12.3. The van der Waals surface area contributed by atoms with Gasteiger partial charge in [0.1, 0.15) is 5.75 Å². The Morgan fingerprint density at radius 1 is 0.552 bits per heavy atom. The van der Waals surface area contributed by atoms with Crippen LogP contribution in [0.5, 0.6) is 5.75 Å². The lowest BCUT2D eigenvalue weighted by Gasteiger charge is -2.10. The molecule has 3 N–H and O–H groups in total. The molecule has 0 spiro atoms. The molecule has 1 aromatic rings. The number of aromatic hydroxyl groups is 1. The molecule has 0 bridgehead atoms. The molecular weight excluding hydrogens is 360 g/mol. The number of benzene rings is 1. The van der Waals surface area contributed by atoms with Crippen molar-refractivity contribution >= 4 is 0 Å². The maximum atomic E-state index is 9.91. The molecule has 0 aliphatic carbocycles. The minimum Gasteiger partial charge on any atom is -0.507 e. The molecule has 0 aliphatic rings. The zero-order valence-corrected chi connectivity index (χ0v) is 18.9. The first-order valence-electron chi connectivity index (χ1n) is 12.3. The predicted octanol–water partition coefficient (Wildman–Crippen LogP) is 7.18. The molecule has 0 radical (unpaired) electrons. The summed E-state index contributed by atoms with van der Waals surface area (Å²) in [6, 6.07) is 3.72. The number of rotatable bonds is 19. The van der Waals surface area contributed by atoms with Gasteiger partial charge < -0.3 is 15.3 Å². The maximum absolute atomic E-state index is 9.91. The van der Waals surface area contributed by atoms with Crippen molar-refractivity contribution in [2.45, 2.75) is 129 Å². The fraction of sp³-hybridized carbons (Fsp3) is 0.769. The van der Waals surface area contributed by atoms with Gasteiger partial charge in [-0.3, -0.25) is 0 Å². The van der Waals surface area contributed by atoms with Crippen molar-refractivity contribution in [3.63, 3.8) is 0 Å². The topological polar surface area (TPSA) is 60.7 Å². The van der Waals surface area contributed by atoms with Crippen LogP contribution in [0.2, 0.25) is 0 Å². The Morgan fingerprint density at radius 2 is 0.897 bits per heavy atom. The van der Waals surface area contributed by atoms with Crippen LogP contribution in [0.3, 0.4) is 0 Å². The van der Waals surface area contributed by atoms with E-state index in [4.69, 9.17) is 0 Å². The van der Waals surface area contributed by atoms with E-state index in [1.807, 2.05) is 12.1 Å². The third-order valence-corrected chi connectivity index (χ3v) is 5.99. The molecule has 0 saturated heterocycles. The van der Waals surface area contributed by atoms with Crippen LogP contribution in [0, 0.1) is 0 Å². The number of aliphatic hydroxyl groups is 2. The van der Waals surface area contributed by atoms with E-state index in [0.717, 1.165) is 18.4 Å². The first-order valence-corrected chi connectivity index (χ1v) is 12.3. The summed E-state index contributed by atoms with van der Waals surface area (Å²) in [5.41, 5.74) is 2.13. The fourth-order valence-electron chi connectivity index (χ4n) is 4.09. The van der Waals surface area contributed by atoms with Gasteiger partial charge in [-0.05, 0) is 30.5 Å². The van der Waals surface area contributed by atoms with Crippen LogP contribution in [0.15, 0.2) is 12.1 Å². The van der Waals surface area contributed by atoms with Gasteiger partial charge in [0.25, 0.3) is 0 Å². The van der Waals surface area contributed by atoms with Crippen molar-refractivity contribution in [1.29, 1.82) is 0 Å². The van der Waals surface area contributed by atoms with Crippen LogP contribution in [-0.2, 0) is 19.6 Å². The highest BCUT2D eigenvalue weighted by Gasteiger charge is 2.08. The molecule has 3 heteroatoms. The number of aliphatic hydroxyl groups excluding tert-OH is 2. The highest BCUT2D eigenvalue weighted by atomic mass is 16.3. The molecule has 0 saturated carbocycles. The second-order valence-electron chi connectivity index (χ2n) is 8.63. The van der Waals surface area contributed by atoms with Gasteiger partial charge in [-0.2, -0.15) is 0 Å². The van der Waals surface area contributed by atoms with Crippen LogP contribution in [-0.4, -0.2) is 15.3 Å². The van der Waals surface area contributed by atoms with Crippen molar-refractivity contribution in [1.82, 2.24) is 0 Å². The largest absolute Gasteiger partial charge is 0.507 e. The summed E-state index contributed by atoms with van der Waals surface area (Å²) >= 11 is 0. The van der Waals surface area contributed by atoms with E-state index in [1.165, 1.54) is 96.3 Å². The third-order valence-electron chi connectivity index (χ3n) is 5.99.